The quantitative estimate of drug-likeness (QED) is 0.810. The molecular weight excluding hydrogens is 278 g/mol. The van der Waals surface area contributed by atoms with Gasteiger partial charge in [0.15, 0.2) is 5.69 Å². The summed E-state index contributed by atoms with van der Waals surface area (Å²) in [5, 5.41) is 0.707. The first-order chi connectivity index (χ1) is 9.60. The summed E-state index contributed by atoms with van der Waals surface area (Å²) in [5.74, 6) is 0.178. The molecule has 0 saturated carbocycles. The van der Waals surface area contributed by atoms with Gasteiger partial charge in [0.2, 0.25) is 0 Å². The van der Waals surface area contributed by atoms with Crippen molar-refractivity contribution >= 4 is 23.4 Å². The van der Waals surface area contributed by atoms with Gasteiger partial charge in [0.05, 0.1) is 19.5 Å². The van der Waals surface area contributed by atoms with Crippen LogP contribution >= 0.6 is 11.6 Å². The summed E-state index contributed by atoms with van der Waals surface area (Å²) in [6, 6.07) is 7.59. The summed E-state index contributed by atoms with van der Waals surface area (Å²) in [6.07, 6.45) is 2.95. The third-order valence-electron chi connectivity index (χ3n) is 2.76. The lowest BCUT2D eigenvalue weighted by Gasteiger charge is -2.17. The molecule has 20 heavy (non-hydrogen) atoms. The second kappa shape index (κ2) is 6.34. The zero-order valence-corrected chi connectivity index (χ0v) is 12.0. The number of carbonyl (C=O) groups is 1. The molecule has 2 aromatic rings. The van der Waals surface area contributed by atoms with Gasteiger partial charge in [-0.15, -0.1) is 0 Å². The topological polar surface area (TPSA) is 55.3 Å². The molecule has 0 N–H and O–H groups in total. The number of aromatic nitrogens is 2. The fourth-order valence-electron chi connectivity index (χ4n) is 1.67. The molecule has 0 aliphatic heterocycles. The first-order valence-electron chi connectivity index (χ1n) is 5.96. The molecule has 6 heteroatoms. The number of ether oxygens (including phenoxy) is 1. The van der Waals surface area contributed by atoms with E-state index in [2.05, 4.69) is 14.7 Å². The van der Waals surface area contributed by atoms with E-state index in [4.69, 9.17) is 11.6 Å². The van der Waals surface area contributed by atoms with Crippen LogP contribution in [0, 0.1) is 0 Å². The Hall–Kier alpha value is -2.14. The van der Waals surface area contributed by atoms with Gasteiger partial charge in [-0.05, 0) is 17.7 Å². The summed E-state index contributed by atoms with van der Waals surface area (Å²) >= 11 is 5.85. The van der Waals surface area contributed by atoms with Crippen molar-refractivity contribution in [1.29, 1.82) is 0 Å². The molecule has 0 aliphatic carbocycles. The molecule has 1 heterocycles. The Bertz CT molecular complexity index is 584. The van der Waals surface area contributed by atoms with Crippen molar-refractivity contribution in [3.05, 3.63) is 52.9 Å². The smallest absolute Gasteiger partial charge is 0.358 e. The molecule has 2 rings (SSSR count). The predicted octanol–water partition coefficient (Wildman–Crippen LogP) is 2.55. The maximum atomic E-state index is 11.3. The number of carbonyl (C=O) groups excluding carboxylic acids is 1. The lowest BCUT2D eigenvalue weighted by atomic mass is 10.2. The van der Waals surface area contributed by atoms with E-state index >= 15 is 0 Å². The Morgan fingerprint density at radius 1 is 1.25 bits per heavy atom. The predicted molar refractivity (Wildman–Crippen MR) is 76.9 cm³/mol. The van der Waals surface area contributed by atoms with Crippen molar-refractivity contribution in [2.24, 2.45) is 0 Å². The van der Waals surface area contributed by atoms with Crippen molar-refractivity contribution in [2.45, 2.75) is 6.54 Å². The number of hydrogen-bond acceptors (Lipinski definition) is 5. The molecule has 0 aliphatic rings. The minimum atomic E-state index is -0.496. The number of anilines is 1. The molecule has 5 nitrogen and oxygen atoms in total. The molecule has 0 spiro atoms. The van der Waals surface area contributed by atoms with Crippen LogP contribution in [-0.2, 0) is 11.3 Å². The highest BCUT2D eigenvalue weighted by Crippen LogP contribution is 2.14. The zero-order valence-electron chi connectivity index (χ0n) is 11.2. The SMILES string of the molecule is COC(=O)c1cnc(N(C)Cc2ccc(Cl)cc2)cn1. The van der Waals surface area contributed by atoms with Crippen LogP contribution < -0.4 is 4.90 Å². The van der Waals surface area contributed by atoms with Crippen molar-refractivity contribution in [1.82, 2.24) is 9.97 Å². The lowest BCUT2D eigenvalue weighted by Crippen LogP contribution is -2.18. The number of hydrogen-bond donors (Lipinski definition) is 0. The molecule has 104 valence electrons. The molecule has 0 unspecified atom stereocenters. The van der Waals surface area contributed by atoms with Crippen molar-refractivity contribution < 1.29 is 9.53 Å². The van der Waals surface area contributed by atoms with Crippen molar-refractivity contribution in [3.8, 4) is 0 Å². The van der Waals surface area contributed by atoms with Gasteiger partial charge in [-0.1, -0.05) is 23.7 Å². The molecular formula is C14H14ClN3O2. The van der Waals surface area contributed by atoms with Crippen LogP contribution in [0.2, 0.25) is 5.02 Å². The number of halogens is 1. The monoisotopic (exact) mass is 291 g/mol. The highest BCUT2D eigenvalue weighted by Gasteiger charge is 2.09. The van der Waals surface area contributed by atoms with Crippen LogP contribution in [0.25, 0.3) is 0 Å². The normalized spacial score (nSPS) is 10.2. The molecule has 0 saturated heterocycles. The largest absolute Gasteiger partial charge is 0.464 e. The Morgan fingerprint density at radius 3 is 2.50 bits per heavy atom. The summed E-state index contributed by atoms with van der Waals surface area (Å²) in [7, 11) is 3.21. The van der Waals surface area contributed by atoms with Gasteiger partial charge in [-0.2, -0.15) is 0 Å². The van der Waals surface area contributed by atoms with Gasteiger partial charge in [0, 0.05) is 18.6 Å². The second-order valence-electron chi connectivity index (χ2n) is 4.23. The third-order valence-corrected chi connectivity index (χ3v) is 3.01. The molecule has 0 bridgehead atoms. The number of methoxy groups -OCH3 is 1. The summed E-state index contributed by atoms with van der Waals surface area (Å²) in [5.41, 5.74) is 1.30. The Balaban J connectivity index is 2.07. The van der Waals surface area contributed by atoms with E-state index in [0.29, 0.717) is 17.4 Å². The summed E-state index contributed by atoms with van der Waals surface area (Å²) in [6.45, 7) is 0.670. The fraction of sp³-hybridized carbons (Fsp3) is 0.214. The molecule has 1 aromatic heterocycles. The van der Waals surface area contributed by atoms with Crippen LogP contribution in [-0.4, -0.2) is 30.1 Å². The molecule has 0 amide bonds. The van der Waals surface area contributed by atoms with Gasteiger partial charge >= 0.3 is 5.97 Å². The Morgan fingerprint density at radius 2 is 1.95 bits per heavy atom. The van der Waals surface area contributed by atoms with Crippen LogP contribution in [0.5, 0.6) is 0 Å². The fourth-order valence-corrected chi connectivity index (χ4v) is 1.80. The van der Waals surface area contributed by atoms with E-state index < -0.39 is 5.97 Å². The van der Waals surface area contributed by atoms with E-state index in [1.807, 2.05) is 36.2 Å². The van der Waals surface area contributed by atoms with E-state index in [0.717, 1.165) is 5.56 Å². The lowest BCUT2D eigenvalue weighted by molar-refractivity contribution is 0.0593. The van der Waals surface area contributed by atoms with Gasteiger partial charge < -0.3 is 9.64 Å². The number of rotatable bonds is 4. The van der Waals surface area contributed by atoms with Gasteiger partial charge in [0.1, 0.15) is 5.82 Å². The first-order valence-corrected chi connectivity index (χ1v) is 6.34. The first kappa shape index (κ1) is 14.3. The van der Waals surface area contributed by atoms with Crippen LogP contribution in [0.3, 0.4) is 0 Å². The average molecular weight is 292 g/mol. The van der Waals surface area contributed by atoms with E-state index in [-0.39, 0.29) is 5.69 Å². The van der Waals surface area contributed by atoms with E-state index in [1.165, 1.54) is 13.3 Å². The minimum absolute atomic E-state index is 0.191. The van der Waals surface area contributed by atoms with Crippen molar-refractivity contribution in [2.75, 3.05) is 19.1 Å². The maximum absolute atomic E-state index is 11.3. The van der Waals surface area contributed by atoms with E-state index in [9.17, 15) is 4.79 Å². The molecule has 0 atom stereocenters. The standard InChI is InChI=1S/C14H14ClN3O2/c1-18(9-10-3-5-11(15)6-4-10)13-8-16-12(7-17-13)14(19)20-2/h3-8H,9H2,1-2H3. The maximum Gasteiger partial charge on any atom is 0.358 e. The highest BCUT2D eigenvalue weighted by molar-refractivity contribution is 6.30. The molecule has 0 radical (unpaired) electrons. The molecule has 0 fully saturated rings. The van der Waals surface area contributed by atoms with Crippen LogP contribution in [0.4, 0.5) is 5.82 Å². The van der Waals surface area contributed by atoms with Gasteiger partial charge in [-0.25, -0.2) is 14.8 Å². The Kier molecular flexibility index (Phi) is 4.53. The molecule has 1 aromatic carbocycles. The van der Waals surface area contributed by atoms with Crippen LogP contribution in [0.1, 0.15) is 16.1 Å². The zero-order chi connectivity index (χ0) is 14.5. The summed E-state index contributed by atoms with van der Waals surface area (Å²) in [4.78, 5) is 21.4. The van der Waals surface area contributed by atoms with E-state index in [1.54, 1.807) is 6.20 Å². The highest BCUT2D eigenvalue weighted by atomic mass is 35.5. The summed E-state index contributed by atoms with van der Waals surface area (Å²) < 4.78 is 4.58. The number of esters is 1. The van der Waals surface area contributed by atoms with Crippen LogP contribution in [0.15, 0.2) is 36.7 Å². The Labute approximate surface area is 122 Å². The minimum Gasteiger partial charge on any atom is -0.464 e. The second-order valence-corrected chi connectivity index (χ2v) is 4.67. The number of nitrogens with zero attached hydrogens (tertiary/aromatic N) is 3. The van der Waals surface area contributed by atoms with Crippen molar-refractivity contribution in [3.63, 3.8) is 0 Å². The average Bonchev–Trinajstić information content (AvgIpc) is 2.49. The van der Waals surface area contributed by atoms with Gasteiger partial charge in [0.25, 0.3) is 0 Å². The third kappa shape index (κ3) is 3.45. The van der Waals surface area contributed by atoms with Gasteiger partial charge in [-0.3, -0.25) is 0 Å². The number of benzene rings is 1.